The van der Waals surface area contributed by atoms with Crippen LogP contribution < -0.4 is 4.74 Å². The maximum absolute atomic E-state index is 12.4. The van der Waals surface area contributed by atoms with Gasteiger partial charge in [-0.15, -0.1) is 0 Å². The van der Waals surface area contributed by atoms with E-state index in [4.69, 9.17) is 4.74 Å². The molecule has 1 aromatic carbocycles. The van der Waals surface area contributed by atoms with E-state index in [0.717, 1.165) is 37.2 Å². The third kappa shape index (κ3) is 5.35. The Kier molecular flexibility index (Phi) is 7.70. The second-order valence-corrected chi connectivity index (χ2v) is 6.45. The summed E-state index contributed by atoms with van der Waals surface area (Å²) in [5, 5.41) is 0. The number of carbonyl (C=O) groups excluding carboxylic acids is 2. The minimum atomic E-state index is 0.00706. The lowest BCUT2D eigenvalue weighted by molar-refractivity contribution is -0.139. The van der Waals surface area contributed by atoms with Crippen LogP contribution in [0.2, 0.25) is 0 Å². The Labute approximate surface area is 156 Å². The lowest BCUT2D eigenvalue weighted by atomic mass is 9.95. The predicted octanol–water partition coefficient (Wildman–Crippen LogP) is 3.21. The van der Waals surface area contributed by atoms with Gasteiger partial charge in [0.25, 0.3) is 0 Å². The average molecular weight is 358 g/mol. The molecule has 0 N–H and O–H groups in total. The third-order valence-electron chi connectivity index (χ3n) is 4.84. The Morgan fingerprint density at radius 2 is 1.73 bits per heavy atom. The normalized spacial score (nSPS) is 15.3. The summed E-state index contributed by atoms with van der Waals surface area (Å²) in [6, 6.07) is 7.67. The summed E-state index contributed by atoms with van der Waals surface area (Å²) in [6.45, 7) is 9.38. The van der Waals surface area contributed by atoms with Gasteiger partial charge in [0, 0.05) is 38.2 Å². The van der Waals surface area contributed by atoms with E-state index in [0.29, 0.717) is 19.7 Å². The number of benzene rings is 1. The molecule has 0 aliphatic carbocycles. The van der Waals surface area contributed by atoms with Gasteiger partial charge in [-0.25, -0.2) is 0 Å². The molecule has 26 heavy (non-hydrogen) atoms. The van der Waals surface area contributed by atoms with Crippen molar-refractivity contribution in [1.82, 2.24) is 9.80 Å². The van der Waals surface area contributed by atoms with E-state index < -0.39 is 0 Å². The van der Waals surface area contributed by atoms with Crippen LogP contribution in [0.3, 0.4) is 0 Å². The first kappa shape index (κ1) is 20.0. The van der Waals surface area contributed by atoms with Crippen LogP contribution in [-0.2, 0) is 9.59 Å². The number of ether oxygens (including phenoxy) is 1. The average Bonchev–Trinajstić information content (AvgIpc) is 2.68. The van der Waals surface area contributed by atoms with E-state index in [9.17, 15) is 9.59 Å². The maximum Gasteiger partial charge on any atom is 0.246 e. The van der Waals surface area contributed by atoms with E-state index in [1.165, 1.54) is 0 Å². The van der Waals surface area contributed by atoms with Gasteiger partial charge in [0.15, 0.2) is 0 Å². The predicted molar refractivity (Wildman–Crippen MR) is 104 cm³/mol. The van der Waals surface area contributed by atoms with Crippen LogP contribution in [-0.4, -0.2) is 54.4 Å². The topological polar surface area (TPSA) is 49.9 Å². The van der Waals surface area contributed by atoms with E-state index in [1.54, 1.807) is 6.08 Å². The first-order valence-electron chi connectivity index (χ1n) is 9.57. The van der Waals surface area contributed by atoms with Crippen molar-refractivity contribution < 1.29 is 14.3 Å². The SMILES string of the molecule is CCOc1ccc(/C=C/C(=O)N2CCC(C(=O)N(CC)CC)CC2)cc1. The van der Waals surface area contributed by atoms with Crippen molar-refractivity contribution in [1.29, 1.82) is 0 Å². The molecule has 1 heterocycles. The standard InChI is InChI=1S/C21H30N2O3/c1-4-22(5-2)21(25)18-13-15-23(16-14-18)20(24)12-9-17-7-10-19(11-8-17)26-6-3/h7-12,18H,4-6,13-16H2,1-3H3/b12-9+. The van der Waals surface area contributed by atoms with Gasteiger partial charge in [0.1, 0.15) is 5.75 Å². The monoisotopic (exact) mass is 358 g/mol. The molecule has 0 aromatic heterocycles. The second-order valence-electron chi connectivity index (χ2n) is 6.45. The van der Waals surface area contributed by atoms with Crippen LogP contribution in [0, 0.1) is 5.92 Å². The summed E-state index contributed by atoms with van der Waals surface area (Å²) in [4.78, 5) is 28.5. The number of piperidine rings is 1. The third-order valence-corrected chi connectivity index (χ3v) is 4.84. The highest BCUT2D eigenvalue weighted by Gasteiger charge is 2.28. The zero-order valence-electron chi connectivity index (χ0n) is 16.1. The molecular weight excluding hydrogens is 328 g/mol. The minimum Gasteiger partial charge on any atom is -0.494 e. The Balaban J connectivity index is 1.85. The molecule has 0 atom stereocenters. The molecule has 1 fully saturated rings. The Morgan fingerprint density at radius 1 is 1.12 bits per heavy atom. The molecule has 2 amide bonds. The number of hydrogen-bond acceptors (Lipinski definition) is 3. The summed E-state index contributed by atoms with van der Waals surface area (Å²) in [5.41, 5.74) is 0.966. The Morgan fingerprint density at radius 3 is 2.27 bits per heavy atom. The first-order valence-corrected chi connectivity index (χ1v) is 9.57. The molecule has 0 spiro atoms. The summed E-state index contributed by atoms with van der Waals surface area (Å²) >= 11 is 0. The highest BCUT2D eigenvalue weighted by atomic mass is 16.5. The molecule has 142 valence electrons. The molecule has 1 aromatic rings. The zero-order valence-corrected chi connectivity index (χ0v) is 16.1. The smallest absolute Gasteiger partial charge is 0.246 e. The zero-order chi connectivity index (χ0) is 18.9. The molecular formula is C21H30N2O3. The maximum atomic E-state index is 12.4. The highest BCUT2D eigenvalue weighted by Crippen LogP contribution is 2.20. The van der Waals surface area contributed by atoms with Gasteiger partial charge in [-0.05, 0) is 57.4 Å². The molecule has 1 aliphatic heterocycles. The van der Waals surface area contributed by atoms with Crippen molar-refractivity contribution in [3.05, 3.63) is 35.9 Å². The Hall–Kier alpha value is -2.30. The molecule has 0 saturated carbocycles. The lowest BCUT2D eigenvalue weighted by Crippen LogP contribution is -2.44. The fourth-order valence-corrected chi connectivity index (χ4v) is 3.26. The van der Waals surface area contributed by atoms with Gasteiger partial charge in [0.2, 0.25) is 11.8 Å². The van der Waals surface area contributed by atoms with E-state index in [1.807, 2.05) is 60.9 Å². The largest absolute Gasteiger partial charge is 0.494 e. The van der Waals surface area contributed by atoms with Crippen LogP contribution >= 0.6 is 0 Å². The molecule has 0 unspecified atom stereocenters. The summed E-state index contributed by atoms with van der Waals surface area (Å²) in [6.07, 6.45) is 4.93. The first-order chi connectivity index (χ1) is 12.6. The van der Waals surface area contributed by atoms with Crippen molar-refractivity contribution in [3.8, 4) is 5.75 Å². The summed E-state index contributed by atoms with van der Waals surface area (Å²) < 4.78 is 5.41. The highest BCUT2D eigenvalue weighted by molar-refractivity contribution is 5.92. The van der Waals surface area contributed by atoms with Gasteiger partial charge >= 0.3 is 0 Å². The van der Waals surface area contributed by atoms with Crippen molar-refractivity contribution in [3.63, 3.8) is 0 Å². The lowest BCUT2D eigenvalue weighted by Gasteiger charge is -2.33. The minimum absolute atomic E-state index is 0.00706. The van der Waals surface area contributed by atoms with E-state index >= 15 is 0 Å². The fourth-order valence-electron chi connectivity index (χ4n) is 3.26. The number of hydrogen-bond donors (Lipinski definition) is 0. The van der Waals surface area contributed by atoms with Crippen molar-refractivity contribution >= 4 is 17.9 Å². The van der Waals surface area contributed by atoms with Crippen molar-refractivity contribution in [2.75, 3.05) is 32.8 Å². The van der Waals surface area contributed by atoms with Crippen LogP contribution in [0.5, 0.6) is 5.75 Å². The van der Waals surface area contributed by atoms with Crippen LogP contribution in [0.15, 0.2) is 30.3 Å². The number of nitrogens with zero attached hydrogens (tertiary/aromatic N) is 2. The molecule has 2 rings (SSSR count). The molecule has 0 bridgehead atoms. The van der Waals surface area contributed by atoms with Crippen molar-refractivity contribution in [2.24, 2.45) is 5.92 Å². The molecule has 0 radical (unpaired) electrons. The summed E-state index contributed by atoms with van der Waals surface area (Å²) in [5.74, 6) is 1.12. The molecule has 1 aliphatic rings. The number of rotatable bonds is 7. The number of amides is 2. The van der Waals surface area contributed by atoms with Gasteiger partial charge in [-0.2, -0.15) is 0 Å². The molecule has 1 saturated heterocycles. The van der Waals surface area contributed by atoms with Crippen LogP contribution in [0.4, 0.5) is 0 Å². The fraction of sp³-hybridized carbons (Fsp3) is 0.524. The van der Waals surface area contributed by atoms with E-state index in [2.05, 4.69) is 0 Å². The van der Waals surface area contributed by atoms with Gasteiger partial charge in [-0.3, -0.25) is 9.59 Å². The quantitative estimate of drug-likeness (QED) is 0.703. The Bertz CT molecular complexity index is 613. The number of carbonyl (C=O) groups is 2. The molecule has 5 heteroatoms. The summed E-state index contributed by atoms with van der Waals surface area (Å²) in [7, 11) is 0. The van der Waals surface area contributed by atoms with Crippen LogP contribution in [0.1, 0.15) is 39.2 Å². The van der Waals surface area contributed by atoms with Crippen LogP contribution in [0.25, 0.3) is 6.08 Å². The van der Waals surface area contributed by atoms with Gasteiger partial charge < -0.3 is 14.5 Å². The van der Waals surface area contributed by atoms with E-state index in [-0.39, 0.29) is 17.7 Å². The van der Waals surface area contributed by atoms with Gasteiger partial charge in [0.05, 0.1) is 6.61 Å². The number of likely N-dealkylation sites (tertiary alicyclic amines) is 1. The second kappa shape index (κ2) is 10.00. The molecule has 5 nitrogen and oxygen atoms in total. The van der Waals surface area contributed by atoms with Gasteiger partial charge in [-0.1, -0.05) is 12.1 Å². The van der Waals surface area contributed by atoms with Crippen molar-refractivity contribution in [2.45, 2.75) is 33.6 Å².